The highest BCUT2D eigenvalue weighted by molar-refractivity contribution is 5.94. The summed E-state index contributed by atoms with van der Waals surface area (Å²) in [7, 11) is 0. The van der Waals surface area contributed by atoms with Crippen molar-refractivity contribution in [3.05, 3.63) is 0 Å². The fourth-order valence-corrected chi connectivity index (χ4v) is 3.26. The van der Waals surface area contributed by atoms with E-state index in [1.54, 1.807) is 0 Å². The van der Waals surface area contributed by atoms with Crippen molar-refractivity contribution in [2.75, 3.05) is 19.6 Å². The van der Waals surface area contributed by atoms with Crippen LogP contribution in [0.3, 0.4) is 0 Å². The van der Waals surface area contributed by atoms with Gasteiger partial charge in [-0.3, -0.25) is 24.0 Å². The first-order chi connectivity index (χ1) is 15.0. The normalized spacial score (nSPS) is 17.2. The van der Waals surface area contributed by atoms with Crippen LogP contribution in [0.4, 0.5) is 4.79 Å². The molecule has 9 N–H and O–H groups in total. The molecule has 14 nitrogen and oxygen atoms in total. The second kappa shape index (κ2) is 13.1. The zero-order valence-electron chi connectivity index (χ0n) is 17.5. The fraction of sp³-hybridized carbons (Fsp3) is 0.667. The summed E-state index contributed by atoms with van der Waals surface area (Å²) in [5.41, 5.74) is 10.8. The van der Waals surface area contributed by atoms with Crippen LogP contribution in [0, 0.1) is 0 Å². The number of rotatable bonds is 13. The van der Waals surface area contributed by atoms with Gasteiger partial charge in [-0.25, -0.2) is 4.79 Å². The number of hydrogen-bond acceptors (Lipinski definition) is 7. The molecule has 0 aromatic heterocycles. The van der Waals surface area contributed by atoms with Crippen LogP contribution in [-0.2, 0) is 24.0 Å². The van der Waals surface area contributed by atoms with E-state index in [4.69, 9.17) is 21.7 Å². The van der Waals surface area contributed by atoms with Gasteiger partial charge in [0.05, 0.1) is 6.04 Å². The first-order valence-electron chi connectivity index (χ1n) is 10.1. The summed E-state index contributed by atoms with van der Waals surface area (Å²) in [5, 5.41) is 24.6. The number of nitrogens with two attached hydrogens (primary N) is 2. The van der Waals surface area contributed by atoms with Gasteiger partial charge >= 0.3 is 18.0 Å². The lowest BCUT2D eigenvalue weighted by Crippen LogP contribution is -2.55. The van der Waals surface area contributed by atoms with Gasteiger partial charge in [0.15, 0.2) is 0 Å². The third-order valence-corrected chi connectivity index (χ3v) is 4.84. The summed E-state index contributed by atoms with van der Waals surface area (Å²) >= 11 is 0. The Balaban J connectivity index is 2.78. The third-order valence-electron chi connectivity index (χ3n) is 4.84. The Kier molecular flexibility index (Phi) is 10.9. The van der Waals surface area contributed by atoms with Crippen molar-refractivity contribution >= 4 is 35.7 Å². The largest absolute Gasteiger partial charge is 0.481 e. The predicted octanol–water partition coefficient (Wildman–Crippen LogP) is -2.70. The molecule has 14 heteroatoms. The number of carboxylic acid groups (broad SMARTS) is 2. The number of carbonyl (C=O) groups excluding carboxylic acids is 4. The highest BCUT2D eigenvalue weighted by atomic mass is 16.4. The minimum Gasteiger partial charge on any atom is -0.481 e. The quantitative estimate of drug-likeness (QED) is 0.142. The molecule has 0 unspecified atom stereocenters. The summed E-state index contributed by atoms with van der Waals surface area (Å²) in [5.74, 6) is -4.25. The van der Waals surface area contributed by atoms with Crippen LogP contribution < -0.4 is 27.4 Å². The first kappa shape index (κ1) is 26.6. The molecule has 0 spiro atoms. The Hall–Kier alpha value is -3.42. The third kappa shape index (κ3) is 9.16. The van der Waals surface area contributed by atoms with E-state index in [1.807, 2.05) is 0 Å². The highest BCUT2D eigenvalue weighted by Crippen LogP contribution is 2.19. The predicted molar refractivity (Wildman–Crippen MR) is 109 cm³/mol. The Morgan fingerprint density at radius 3 is 2.31 bits per heavy atom. The molecular weight excluding hydrogens is 428 g/mol. The van der Waals surface area contributed by atoms with Gasteiger partial charge in [0, 0.05) is 19.5 Å². The maximum absolute atomic E-state index is 12.8. The van der Waals surface area contributed by atoms with Crippen molar-refractivity contribution < 1.29 is 39.0 Å². The molecule has 0 aliphatic carbocycles. The van der Waals surface area contributed by atoms with Crippen LogP contribution in [0.15, 0.2) is 0 Å². The van der Waals surface area contributed by atoms with Crippen molar-refractivity contribution in [2.24, 2.45) is 11.5 Å². The molecule has 5 amide bonds. The number of carboxylic acids is 2. The van der Waals surface area contributed by atoms with Crippen LogP contribution >= 0.6 is 0 Å². The van der Waals surface area contributed by atoms with Crippen molar-refractivity contribution in [3.63, 3.8) is 0 Å². The Labute approximate surface area is 184 Å². The topological polar surface area (TPSA) is 234 Å². The van der Waals surface area contributed by atoms with E-state index in [0.29, 0.717) is 12.8 Å². The van der Waals surface area contributed by atoms with Gasteiger partial charge in [-0.05, 0) is 32.1 Å². The SMILES string of the molecule is NC(=O)NCCC[C@H](NC(=O)[C@@H]1CCCN1C(=O)[C@@H](N)CCC(=O)O)C(=O)NCC(=O)O. The molecule has 1 aliphatic rings. The van der Waals surface area contributed by atoms with E-state index in [0.717, 1.165) is 0 Å². The molecule has 0 radical (unpaired) electrons. The summed E-state index contributed by atoms with van der Waals surface area (Å²) in [6.07, 6.45) is 0.830. The zero-order valence-corrected chi connectivity index (χ0v) is 17.5. The average molecular weight is 458 g/mol. The maximum atomic E-state index is 12.8. The van der Waals surface area contributed by atoms with E-state index >= 15 is 0 Å². The molecular formula is C18H30N6O8. The second-order valence-corrected chi connectivity index (χ2v) is 7.33. The molecule has 1 heterocycles. The number of aliphatic carboxylic acids is 2. The van der Waals surface area contributed by atoms with Crippen LogP contribution in [0.2, 0.25) is 0 Å². The van der Waals surface area contributed by atoms with Crippen molar-refractivity contribution in [2.45, 2.75) is 56.7 Å². The lowest BCUT2D eigenvalue weighted by Gasteiger charge is -2.28. The first-order valence-corrected chi connectivity index (χ1v) is 10.1. The maximum Gasteiger partial charge on any atom is 0.322 e. The number of hydrogen-bond donors (Lipinski definition) is 7. The summed E-state index contributed by atoms with van der Waals surface area (Å²) < 4.78 is 0. The van der Waals surface area contributed by atoms with Crippen molar-refractivity contribution in [3.8, 4) is 0 Å². The standard InChI is InChI=1S/C18H30N6O8/c19-10(5-6-13(25)26)17(31)24-8-2-4-12(24)16(30)23-11(3-1-7-21-18(20)32)15(29)22-9-14(27)28/h10-12H,1-9,19H2,(H,22,29)(H,23,30)(H,25,26)(H,27,28)(H3,20,21,32)/t10-,11-,12-/m0/s1. The van der Waals surface area contributed by atoms with Gasteiger partial charge in [0.2, 0.25) is 17.7 Å². The number of nitrogens with one attached hydrogen (secondary N) is 3. The Bertz CT molecular complexity index is 730. The van der Waals surface area contributed by atoms with Crippen LogP contribution in [0.1, 0.15) is 38.5 Å². The highest BCUT2D eigenvalue weighted by Gasteiger charge is 2.37. The minimum absolute atomic E-state index is 0.0773. The molecule has 1 rings (SSSR count). The fourth-order valence-electron chi connectivity index (χ4n) is 3.26. The van der Waals surface area contributed by atoms with Gasteiger partial charge in [0.25, 0.3) is 0 Å². The van der Waals surface area contributed by atoms with Gasteiger partial charge < -0.3 is 42.5 Å². The Morgan fingerprint density at radius 1 is 1.03 bits per heavy atom. The number of carbonyl (C=O) groups is 6. The lowest BCUT2D eigenvalue weighted by atomic mass is 10.1. The summed E-state index contributed by atoms with van der Waals surface area (Å²) in [4.78, 5) is 71.2. The van der Waals surface area contributed by atoms with E-state index in [9.17, 15) is 28.8 Å². The molecule has 0 bridgehead atoms. The minimum atomic E-state index is -1.26. The monoisotopic (exact) mass is 458 g/mol. The number of amides is 5. The molecule has 1 fully saturated rings. The molecule has 32 heavy (non-hydrogen) atoms. The van der Waals surface area contributed by atoms with Crippen LogP contribution in [0.5, 0.6) is 0 Å². The molecule has 0 aromatic rings. The molecule has 3 atom stereocenters. The lowest BCUT2D eigenvalue weighted by molar-refractivity contribution is -0.142. The summed E-state index contributed by atoms with van der Waals surface area (Å²) in [6, 6.07) is -3.82. The smallest absolute Gasteiger partial charge is 0.322 e. The summed E-state index contributed by atoms with van der Waals surface area (Å²) in [6.45, 7) is -0.242. The number of primary amides is 1. The number of likely N-dealkylation sites (tertiary alicyclic amines) is 1. The van der Waals surface area contributed by atoms with E-state index in [2.05, 4.69) is 16.0 Å². The van der Waals surface area contributed by atoms with E-state index < -0.39 is 60.4 Å². The molecule has 180 valence electrons. The van der Waals surface area contributed by atoms with Gasteiger partial charge in [-0.15, -0.1) is 0 Å². The van der Waals surface area contributed by atoms with E-state index in [-0.39, 0.29) is 38.8 Å². The molecule has 1 aliphatic heterocycles. The molecule has 0 saturated carbocycles. The van der Waals surface area contributed by atoms with Gasteiger partial charge in [-0.1, -0.05) is 0 Å². The zero-order chi connectivity index (χ0) is 24.3. The van der Waals surface area contributed by atoms with Gasteiger partial charge in [-0.2, -0.15) is 0 Å². The van der Waals surface area contributed by atoms with Crippen molar-refractivity contribution in [1.29, 1.82) is 0 Å². The average Bonchev–Trinajstić information content (AvgIpc) is 3.21. The number of nitrogens with zero attached hydrogens (tertiary/aromatic N) is 1. The van der Waals surface area contributed by atoms with Crippen molar-refractivity contribution in [1.82, 2.24) is 20.9 Å². The van der Waals surface area contributed by atoms with Crippen LogP contribution in [0.25, 0.3) is 0 Å². The van der Waals surface area contributed by atoms with E-state index in [1.165, 1.54) is 4.90 Å². The number of urea groups is 1. The molecule has 0 aromatic carbocycles. The van der Waals surface area contributed by atoms with Gasteiger partial charge in [0.1, 0.15) is 18.6 Å². The Morgan fingerprint density at radius 2 is 1.72 bits per heavy atom. The van der Waals surface area contributed by atoms with Crippen LogP contribution in [-0.4, -0.2) is 88.6 Å². The second-order valence-electron chi connectivity index (χ2n) is 7.33. The molecule has 1 saturated heterocycles.